The molecule has 100 valence electrons. The van der Waals surface area contributed by atoms with Crippen molar-refractivity contribution in [3.63, 3.8) is 0 Å². The third-order valence-electron chi connectivity index (χ3n) is 2.79. The van der Waals surface area contributed by atoms with Gasteiger partial charge in [0.05, 0.1) is 17.8 Å². The Kier molecular flexibility index (Phi) is 4.44. The standard InChI is InChI=1S/C13H16N4S2/c1-8(2)11(10-4-3-7-19-10)16-13-9(12(14)18)5-6-15-17-13/h3-8,11H,1-2H3,(H2,14,18)(H,16,17). The molecule has 3 N–H and O–H groups in total. The van der Waals surface area contributed by atoms with Gasteiger partial charge in [-0.2, -0.15) is 5.10 Å². The summed E-state index contributed by atoms with van der Waals surface area (Å²) in [5.74, 6) is 1.06. The molecule has 0 amide bonds. The van der Waals surface area contributed by atoms with Crippen molar-refractivity contribution < 1.29 is 0 Å². The van der Waals surface area contributed by atoms with E-state index in [4.69, 9.17) is 18.0 Å². The fourth-order valence-corrected chi connectivity index (χ4v) is 2.93. The Hall–Kier alpha value is -1.53. The summed E-state index contributed by atoms with van der Waals surface area (Å²) in [7, 11) is 0. The molecular formula is C13H16N4S2. The van der Waals surface area contributed by atoms with Gasteiger partial charge >= 0.3 is 0 Å². The summed E-state index contributed by atoms with van der Waals surface area (Å²) >= 11 is 6.76. The molecule has 0 fully saturated rings. The van der Waals surface area contributed by atoms with Crippen LogP contribution in [-0.4, -0.2) is 15.2 Å². The van der Waals surface area contributed by atoms with Crippen LogP contribution < -0.4 is 11.1 Å². The predicted molar refractivity (Wildman–Crippen MR) is 83.4 cm³/mol. The van der Waals surface area contributed by atoms with Gasteiger partial charge in [-0.1, -0.05) is 32.1 Å². The maximum atomic E-state index is 5.71. The molecule has 2 rings (SSSR count). The Balaban J connectivity index is 2.30. The summed E-state index contributed by atoms with van der Waals surface area (Å²) < 4.78 is 0. The van der Waals surface area contributed by atoms with Gasteiger partial charge < -0.3 is 11.1 Å². The van der Waals surface area contributed by atoms with Crippen LogP contribution in [0.5, 0.6) is 0 Å². The first-order valence-corrected chi connectivity index (χ1v) is 7.30. The maximum absolute atomic E-state index is 5.71. The lowest BCUT2D eigenvalue weighted by atomic mass is 10.0. The Bertz CT molecular complexity index is 552. The number of rotatable bonds is 5. The van der Waals surface area contributed by atoms with Crippen molar-refractivity contribution in [3.8, 4) is 0 Å². The van der Waals surface area contributed by atoms with Crippen LogP contribution in [0.4, 0.5) is 5.82 Å². The largest absolute Gasteiger partial charge is 0.389 e. The Morgan fingerprint density at radius 2 is 2.21 bits per heavy atom. The molecule has 2 aromatic heterocycles. The molecule has 1 atom stereocenters. The van der Waals surface area contributed by atoms with Crippen LogP contribution in [0.2, 0.25) is 0 Å². The molecule has 6 heteroatoms. The first-order chi connectivity index (χ1) is 9.09. The summed E-state index contributed by atoms with van der Waals surface area (Å²) in [4.78, 5) is 1.58. The number of hydrogen-bond acceptors (Lipinski definition) is 5. The number of aromatic nitrogens is 2. The van der Waals surface area contributed by atoms with Crippen molar-refractivity contribution in [1.29, 1.82) is 0 Å². The summed E-state index contributed by atoms with van der Waals surface area (Å²) in [6.45, 7) is 4.32. The van der Waals surface area contributed by atoms with Gasteiger partial charge in [-0.05, 0) is 23.4 Å². The van der Waals surface area contributed by atoms with Gasteiger partial charge in [-0.25, -0.2) is 0 Å². The van der Waals surface area contributed by atoms with E-state index in [9.17, 15) is 0 Å². The Morgan fingerprint density at radius 3 is 2.79 bits per heavy atom. The van der Waals surface area contributed by atoms with Crippen molar-refractivity contribution in [2.45, 2.75) is 19.9 Å². The van der Waals surface area contributed by atoms with E-state index in [0.717, 1.165) is 5.56 Å². The van der Waals surface area contributed by atoms with E-state index in [1.54, 1.807) is 23.6 Å². The van der Waals surface area contributed by atoms with Crippen LogP contribution in [0.1, 0.15) is 30.3 Å². The van der Waals surface area contributed by atoms with E-state index in [-0.39, 0.29) is 6.04 Å². The third kappa shape index (κ3) is 3.27. The normalized spacial score (nSPS) is 12.4. The van der Waals surface area contributed by atoms with E-state index in [2.05, 4.69) is 40.8 Å². The van der Waals surface area contributed by atoms with Gasteiger partial charge in [0.25, 0.3) is 0 Å². The number of nitrogens with zero attached hydrogens (tertiary/aromatic N) is 2. The van der Waals surface area contributed by atoms with Gasteiger partial charge in [0.2, 0.25) is 0 Å². The van der Waals surface area contributed by atoms with Gasteiger partial charge in [-0.3, -0.25) is 0 Å². The third-order valence-corrected chi connectivity index (χ3v) is 3.97. The molecule has 4 nitrogen and oxygen atoms in total. The number of thiophene rings is 1. The molecule has 1 unspecified atom stereocenters. The van der Waals surface area contributed by atoms with Crippen molar-refractivity contribution in [2.75, 3.05) is 5.32 Å². The number of nitrogens with one attached hydrogen (secondary N) is 1. The molecule has 2 aromatic rings. The van der Waals surface area contributed by atoms with E-state index < -0.39 is 0 Å². The fraction of sp³-hybridized carbons (Fsp3) is 0.308. The molecule has 0 saturated heterocycles. The monoisotopic (exact) mass is 292 g/mol. The summed E-state index contributed by atoms with van der Waals surface area (Å²) in [5, 5.41) is 13.5. The maximum Gasteiger partial charge on any atom is 0.159 e. The second-order valence-corrected chi connectivity index (χ2v) is 5.96. The molecule has 0 radical (unpaired) electrons. The first kappa shape index (κ1) is 13.9. The van der Waals surface area contributed by atoms with E-state index >= 15 is 0 Å². The van der Waals surface area contributed by atoms with Crippen LogP contribution in [0.15, 0.2) is 29.8 Å². The molecule has 0 aliphatic rings. The van der Waals surface area contributed by atoms with Crippen molar-refractivity contribution in [2.24, 2.45) is 11.7 Å². The van der Waals surface area contributed by atoms with Gasteiger partial charge in [0, 0.05) is 4.88 Å². The van der Waals surface area contributed by atoms with Crippen LogP contribution in [0.3, 0.4) is 0 Å². The lowest BCUT2D eigenvalue weighted by Gasteiger charge is -2.22. The lowest BCUT2D eigenvalue weighted by Crippen LogP contribution is -2.20. The second-order valence-electron chi connectivity index (χ2n) is 4.54. The first-order valence-electron chi connectivity index (χ1n) is 6.01. The van der Waals surface area contributed by atoms with Crippen molar-refractivity contribution in [1.82, 2.24) is 10.2 Å². The van der Waals surface area contributed by atoms with E-state index in [0.29, 0.717) is 16.7 Å². The molecule has 0 spiro atoms. The van der Waals surface area contributed by atoms with E-state index in [1.807, 2.05) is 6.07 Å². The highest BCUT2D eigenvalue weighted by Gasteiger charge is 2.19. The second kappa shape index (κ2) is 6.08. The average Bonchev–Trinajstić information content (AvgIpc) is 2.89. The zero-order chi connectivity index (χ0) is 13.8. The lowest BCUT2D eigenvalue weighted by molar-refractivity contribution is 0.551. The smallest absolute Gasteiger partial charge is 0.159 e. The Labute approximate surface area is 122 Å². The van der Waals surface area contributed by atoms with E-state index in [1.165, 1.54) is 4.88 Å². The summed E-state index contributed by atoms with van der Waals surface area (Å²) in [6, 6.07) is 6.11. The molecule has 0 bridgehead atoms. The van der Waals surface area contributed by atoms with Crippen LogP contribution >= 0.6 is 23.6 Å². The Morgan fingerprint density at radius 1 is 1.42 bits per heavy atom. The SMILES string of the molecule is CC(C)C(Nc1nnccc1C(N)=S)c1cccs1. The summed E-state index contributed by atoms with van der Waals surface area (Å²) in [5.41, 5.74) is 6.44. The zero-order valence-electron chi connectivity index (χ0n) is 10.8. The number of anilines is 1. The molecule has 19 heavy (non-hydrogen) atoms. The average molecular weight is 292 g/mol. The molecule has 2 heterocycles. The predicted octanol–water partition coefficient (Wildman–Crippen LogP) is 2.98. The zero-order valence-corrected chi connectivity index (χ0v) is 12.5. The highest BCUT2D eigenvalue weighted by molar-refractivity contribution is 7.80. The van der Waals surface area contributed by atoms with Crippen LogP contribution in [0, 0.1) is 5.92 Å². The number of nitrogens with two attached hydrogens (primary N) is 1. The highest BCUT2D eigenvalue weighted by Crippen LogP contribution is 2.29. The van der Waals surface area contributed by atoms with Gasteiger partial charge in [0.15, 0.2) is 5.82 Å². The van der Waals surface area contributed by atoms with Gasteiger partial charge in [-0.15, -0.1) is 16.4 Å². The molecule has 0 aliphatic heterocycles. The number of thiocarbonyl (C=S) groups is 1. The minimum absolute atomic E-state index is 0.171. The summed E-state index contributed by atoms with van der Waals surface area (Å²) in [6.07, 6.45) is 1.59. The van der Waals surface area contributed by atoms with Crippen molar-refractivity contribution in [3.05, 3.63) is 40.2 Å². The molecule has 0 aliphatic carbocycles. The molecule has 0 aromatic carbocycles. The quantitative estimate of drug-likeness (QED) is 0.830. The fourth-order valence-electron chi connectivity index (χ4n) is 1.82. The molecular weight excluding hydrogens is 276 g/mol. The van der Waals surface area contributed by atoms with Crippen molar-refractivity contribution >= 4 is 34.4 Å². The molecule has 0 saturated carbocycles. The number of hydrogen-bond donors (Lipinski definition) is 2. The highest BCUT2D eigenvalue weighted by atomic mass is 32.1. The topological polar surface area (TPSA) is 63.8 Å². The van der Waals surface area contributed by atoms with Crippen LogP contribution in [0.25, 0.3) is 0 Å². The van der Waals surface area contributed by atoms with Gasteiger partial charge in [0.1, 0.15) is 4.99 Å². The minimum atomic E-state index is 0.171. The minimum Gasteiger partial charge on any atom is -0.389 e. The van der Waals surface area contributed by atoms with Crippen LogP contribution in [-0.2, 0) is 0 Å².